The number of hydrogen-bond donors (Lipinski definition) is 1. The molecule has 112 valence electrons. The molecule has 0 spiro atoms. The lowest BCUT2D eigenvalue weighted by atomic mass is 10.2. The lowest BCUT2D eigenvalue weighted by molar-refractivity contribution is 0.514. The Labute approximate surface area is 129 Å². The Morgan fingerprint density at radius 3 is 2.45 bits per heavy atom. The molecule has 0 bridgehead atoms. The quantitative estimate of drug-likeness (QED) is 0.796. The molecule has 0 saturated carbocycles. The topological polar surface area (TPSA) is 46.9 Å². The first kappa shape index (κ1) is 14.3. The predicted molar refractivity (Wildman–Crippen MR) is 90.6 cm³/mol. The van der Waals surface area contributed by atoms with Gasteiger partial charge >= 0.3 is 0 Å². The SMILES string of the molecule is CC(C)Cn1c(Nc2ccccc2)nc2ccccc2c1=O. The maximum absolute atomic E-state index is 12.8. The average molecular weight is 293 g/mol. The van der Waals surface area contributed by atoms with E-state index in [-0.39, 0.29) is 5.56 Å². The van der Waals surface area contributed by atoms with Crippen molar-refractivity contribution < 1.29 is 0 Å². The summed E-state index contributed by atoms with van der Waals surface area (Å²) in [5.41, 5.74) is 1.63. The monoisotopic (exact) mass is 293 g/mol. The molecule has 2 aromatic carbocycles. The van der Waals surface area contributed by atoms with E-state index in [1.54, 1.807) is 4.57 Å². The highest BCUT2D eigenvalue weighted by Gasteiger charge is 2.12. The van der Waals surface area contributed by atoms with Gasteiger partial charge in [0.25, 0.3) is 5.56 Å². The Kier molecular flexibility index (Phi) is 3.92. The molecule has 22 heavy (non-hydrogen) atoms. The Morgan fingerprint density at radius 1 is 1.05 bits per heavy atom. The van der Waals surface area contributed by atoms with Crippen molar-refractivity contribution in [3.05, 3.63) is 65.0 Å². The first-order valence-corrected chi connectivity index (χ1v) is 7.47. The number of benzene rings is 2. The third-order valence-corrected chi connectivity index (χ3v) is 3.44. The maximum Gasteiger partial charge on any atom is 0.262 e. The van der Waals surface area contributed by atoms with E-state index >= 15 is 0 Å². The minimum absolute atomic E-state index is 0.00210. The molecule has 0 aliphatic heterocycles. The molecule has 1 heterocycles. The fraction of sp³-hybridized carbons (Fsp3) is 0.222. The third kappa shape index (κ3) is 2.86. The van der Waals surface area contributed by atoms with Crippen molar-refractivity contribution >= 4 is 22.5 Å². The molecule has 3 rings (SSSR count). The van der Waals surface area contributed by atoms with E-state index in [0.29, 0.717) is 29.3 Å². The van der Waals surface area contributed by atoms with Gasteiger partial charge in [-0.25, -0.2) is 4.98 Å². The largest absolute Gasteiger partial charge is 0.326 e. The van der Waals surface area contributed by atoms with E-state index in [0.717, 1.165) is 5.69 Å². The standard InChI is InChI=1S/C18H19N3O/c1-13(2)12-21-17(22)15-10-6-7-11-16(15)20-18(21)19-14-8-4-3-5-9-14/h3-11,13H,12H2,1-2H3,(H,19,20). The second kappa shape index (κ2) is 6.02. The first-order valence-electron chi connectivity index (χ1n) is 7.47. The second-order valence-electron chi connectivity index (χ2n) is 5.75. The van der Waals surface area contributed by atoms with Gasteiger partial charge in [-0.05, 0) is 30.2 Å². The van der Waals surface area contributed by atoms with Crippen LogP contribution in [0.25, 0.3) is 10.9 Å². The minimum Gasteiger partial charge on any atom is -0.326 e. The van der Waals surface area contributed by atoms with Crippen molar-refractivity contribution in [1.82, 2.24) is 9.55 Å². The zero-order chi connectivity index (χ0) is 15.5. The Hall–Kier alpha value is -2.62. The van der Waals surface area contributed by atoms with Crippen molar-refractivity contribution in [3.8, 4) is 0 Å². The van der Waals surface area contributed by atoms with Gasteiger partial charge in [0.05, 0.1) is 10.9 Å². The van der Waals surface area contributed by atoms with Crippen LogP contribution in [0.3, 0.4) is 0 Å². The van der Waals surface area contributed by atoms with Crippen LogP contribution in [0.1, 0.15) is 13.8 Å². The zero-order valence-corrected chi connectivity index (χ0v) is 12.8. The van der Waals surface area contributed by atoms with E-state index in [1.165, 1.54) is 0 Å². The molecule has 0 aliphatic rings. The lowest BCUT2D eigenvalue weighted by Crippen LogP contribution is -2.26. The number of anilines is 2. The van der Waals surface area contributed by atoms with E-state index in [4.69, 9.17) is 0 Å². The summed E-state index contributed by atoms with van der Waals surface area (Å²) in [7, 11) is 0. The van der Waals surface area contributed by atoms with Crippen LogP contribution in [0.5, 0.6) is 0 Å². The summed E-state index contributed by atoms with van der Waals surface area (Å²) < 4.78 is 1.72. The molecule has 3 aromatic rings. The fourth-order valence-electron chi connectivity index (χ4n) is 2.45. The molecule has 1 N–H and O–H groups in total. The van der Waals surface area contributed by atoms with Crippen molar-refractivity contribution in [1.29, 1.82) is 0 Å². The molecular formula is C18H19N3O. The van der Waals surface area contributed by atoms with Crippen molar-refractivity contribution in [2.45, 2.75) is 20.4 Å². The number of nitrogens with one attached hydrogen (secondary N) is 1. The minimum atomic E-state index is -0.00210. The molecule has 0 aliphatic carbocycles. The summed E-state index contributed by atoms with van der Waals surface area (Å²) in [4.78, 5) is 17.4. The number of hydrogen-bond acceptors (Lipinski definition) is 3. The molecule has 4 nitrogen and oxygen atoms in total. The number of para-hydroxylation sites is 2. The number of nitrogens with zero attached hydrogens (tertiary/aromatic N) is 2. The van der Waals surface area contributed by atoms with Gasteiger partial charge < -0.3 is 5.32 Å². The number of rotatable bonds is 4. The number of fused-ring (bicyclic) bond motifs is 1. The molecule has 0 amide bonds. The normalized spacial score (nSPS) is 11.0. The van der Waals surface area contributed by atoms with Gasteiger partial charge in [0.15, 0.2) is 0 Å². The molecule has 4 heteroatoms. The smallest absolute Gasteiger partial charge is 0.262 e. The van der Waals surface area contributed by atoms with E-state index in [9.17, 15) is 4.79 Å². The summed E-state index contributed by atoms with van der Waals surface area (Å²) >= 11 is 0. The van der Waals surface area contributed by atoms with Gasteiger partial charge in [0.1, 0.15) is 0 Å². The Morgan fingerprint density at radius 2 is 1.73 bits per heavy atom. The van der Waals surface area contributed by atoms with Crippen LogP contribution in [0.15, 0.2) is 59.4 Å². The molecule has 0 unspecified atom stereocenters. The molecule has 0 saturated heterocycles. The van der Waals surface area contributed by atoms with Crippen molar-refractivity contribution in [3.63, 3.8) is 0 Å². The molecule has 0 fully saturated rings. The van der Waals surface area contributed by atoms with E-state index < -0.39 is 0 Å². The third-order valence-electron chi connectivity index (χ3n) is 3.44. The summed E-state index contributed by atoms with van der Waals surface area (Å²) in [6, 6.07) is 17.2. The highest BCUT2D eigenvalue weighted by molar-refractivity contribution is 5.79. The van der Waals surface area contributed by atoms with Gasteiger partial charge in [0, 0.05) is 12.2 Å². The first-order chi connectivity index (χ1) is 10.6. The molecule has 0 radical (unpaired) electrons. The van der Waals surface area contributed by atoms with E-state index in [1.807, 2.05) is 54.6 Å². The van der Waals surface area contributed by atoms with Crippen LogP contribution in [-0.4, -0.2) is 9.55 Å². The second-order valence-corrected chi connectivity index (χ2v) is 5.75. The average Bonchev–Trinajstić information content (AvgIpc) is 2.52. The molecule has 0 atom stereocenters. The van der Waals surface area contributed by atoms with Crippen LogP contribution >= 0.6 is 0 Å². The molecular weight excluding hydrogens is 274 g/mol. The highest BCUT2D eigenvalue weighted by atomic mass is 16.1. The highest BCUT2D eigenvalue weighted by Crippen LogP contribution is 2.17. The predicted octanol–water partition coefficient (Wildman–Crippen LogP) is 3.80. The Balaban J connectivity index is 2.16. The van der Waals surface area contributed by atoms with Gasteiger partial charge in [-0.2, -0.15) is 0 Å². The van der Waals surface area contributed by atoms with Crippen molar-refractivity contribution in [2.75, 3.05) is 5.32 Å². The fourth-order valence-corrected chi connectivity index (χ4v) is 2.45. The van der Waals surface area contributed by atoms with Gasteiger partial charge in [0.2, 0.25) is 5.95 Å². The zero-order valence-electron chi connectivity index (χ0n) is 12.8. The Bertz CT molecular complexity index is 838. The summed E-state index contributed by atoms with van der Waals surface area (Å²) in [5.74, 6) is 0.945. The van der Waals surface area contributed by atoms with Gasteiger partial charge in [-0.1, -0.05) is 44.2 Å². The van der Waals surface area contributed by atoms with Crippen LogP contribution in [0.2, 0.25) is 0 Å². The molecule has 1 aromatic heterocycles. The van der Waals surface area contributed by atoms with E-state index in [2.05, 4.69) is 24.1 Å². The summed E-state index contributed by atoms with van der Waals surface area (Å²) in [5, 5.41) is 3.92. The lowest BCUT2D eigenvalue weighted by Gasteiger charge is -2.16. The van der Waals surface area contributed by atoms with Crippen LogP contribution < -0.4 is 10.9 Å². The van der Waals surface area contributed by atoms with Gasteiger partial charge in [-0.3, -0.25) is 9.36 Å². The maximum atomic E-state index is 12.8. The van der Waals surface area contributed by atoms with Crippen LogP contribution in [0.4, 0.5) is 11.6 Å². The number of aromatic nitrogens is 2. The summed E-state index contributed by atoms with van der Waals surface area (Å²) in [6.07, 6.45) is 0. The van der Waals surface area contributed by atoms with Gasteiger partial charge in [-0.15, -0.1) is 0 Å². The van der Waals surface area contributed by atoms with Crippen molar-refractivity contribution in [2.24, 2.45) is 5.92 Å². The van der Waals surface area contributed by atoms with Crippen LogP contribution in [0, 0.1) is 5.92 Å². The van der Waals surface area contributed by atoms with Crippen LogP contribution in [-0.2, 0) is 6.54 Å². The summed E-state index contributed by atoms with van der Waals surface area (Å²) in [6.45, 7) is 4.81.